The van der Waals surface area contributed by atoms with Crippen LogP contribution in [-0.4, -0.2) is 47.9 Å². The molecule has 4 aliphatic rings. The van der Waals surface area contributed by atoms with E-state index in [1.54, 1.807) is 12.1 Å². The van der Waals surface area contributed by atoms with E-state index in [0.717, 1.165) is 26.8 Å². The molecular formula is C33H27N5O9S3. The number of fused-ring (bicyclic) bond motifs is 9. The van der Waals surface area contributed by atoms with E-state index in [2.05, 4.69) is 10.3 Å². The number of nitro groups is 1. The zero-order valence-corrected chi connectivity index (χ0v) is 28.2. The number of aromatic amines is 1. The fourth-order valence-corrected chi connectivity index (χ4v) is 11.7. The third kappa shape index (κ3) is 5.23. The number of nitrogens with one attached hydrogen (secondary N) is 2. The lowest BCUT2D eigenvalue weighted by Gasteiger charge is -2.43. The second kappa shape index (κ2) is 11.9. The predicted molar refractivity (Wildman–Crippen MR) is 182 cm³/mol. The molecule has 256 valence electrons. The summed E-state index contributed by atoms with van der Waals surface area (Å²) in [6, 6.07) is 18.1. The van der Waals surface area contributed by atoms with Crippen molar-refractivity contribution in [2.24, 2.45) is 34.7 Å². The van der Waals surface area contributed by atoms with Gasteiger partial charge in [-0.25, -0.2) is 13.6 Å². The average Bonchev–Trinajstić information content (AvgIpc) is 3.82. The van der Waals surface area contributed by atoms with Crippen molar-refractivity contribution in [3.63, 3.8) is 0 Å². The van der Waals surface area contributed by atoms with E-state index >= 15 is 0 Å². The number of carbonyl (C=O) groups is 3. The number of thiazole rings is 1. The summed E-state index contributed by atoms with van der Waals surface area (Å²) in [5.74, 6) is -2.64. The molecule has 4 aromatic rings. The maximum atomic E-state index is 14.0. The maximum Gasteiger partial charge on any atom is 0.305 e. The number of sulfonamides is 1. The Morgan fingerprint density at radius 2 is 1.68 bits per heavy atom. The summed E-state index contributed by atoms with van der Waals surface area (Å²) in [7, 11) is -3.89. The highest BCUT2D eigenvalue weighted by Crippen LogP contribution is 2.69. The monoisotopic (exact) mass is 733 g/mol. The number of thioether (sulfide) groups is 1. The molecule has 1 aromatic heterocycles. The van der Waals surface area contributed by atoms with Crippen LogP contribution in [0.4, 0.5) is 17.1 Å². The molecule has 8 rings (SSSR count). The van der Waals surface area contributed by atoms with E-state index < -0.39 is 32.7 Å². The number of carbonyl (C=O) groups excluding carboxylic acids is 3. The molecule has 2 bridgehead atoms. The smallest absolute Gasteiger partial charge is 0.305 e. The van der Waals surface area contributed by atoms with Crippen LogP contribution in [0, 0.1) is 39.7 Å². The molecule has 2 aliphatic carbocycles. The fraction of sp³-hybridized carbons (Fsp3) is 0.273. The number of amides is 3. The molecule has 2 saturated carbocycles. The summed E-state index contributed by atoms with van der Waals surface area (Å²) in [4.78, 5) is 68.8. The molecule has 2 aliphatic heterocycles. The van der Waals surface area contributed by atoms with Gasteiger partial charge >= 0.3 is 4.87 Å². The third-order valence-electron chi connectivity index (χ3n) is 10.1. The molecule has 0 radical (unpaired) electrons. The maximum absolute atomic E-state index is 14.0. The summed E-state index contributed by atoms with van der Waals surface area (Å²) >= 11 is 2.64. The summed E-state index contributed by atoms with van der Waals surface area (Å²) in [5.41, 5.74) is 1.25. The Labute approximate surface area is 292 Å². The van der Waals surface area contributed by atoms with Crippen molar-refractivity contribution in [1.82, 2.24) is 4.98 Å². The Morgan fingerprint density at radius 3 is 2.36 bits per heavy atom. The molecule has 3 fully saturated rings. The molecule has 3 amide bonds. The number of anilines is 2. The van der Waals surface area contributed by atoms with Gasteiger partial charge in [-0.2, -0.15) is 0 Å². The quantitative estimate of drug-likeness (QED) is 0.136. The standard InChI is InChI=1S/C33H27N5O9S3/c34-50(45,46)18-11-5-15(6-12-18)35-23(39)14-47-22-4-2-1-3-19(22)24-25-20-13-21(28(25)48-30-29(24)49-33(42)36-30)27-26(20)31(40)37(32(27)41)16-7-9-17(10-8-16)38(43)44/h1-12,20-21,24-28H,13-14H2,(H,35,39)(H,36,42)(H2,34,45,46)/t20-,21-,24-,25?,26?,27?,28?/m1/s1. The minimum absolute atomic E-state index is 0.0887. The number of nitro benzene ring substituents is 1. The molecule has 17 heteroatoms. The summed E-state index contributed by atoms with van der Waals surface area (Å²) in [6.45, 7) is -0.367. The van der Waals surface area contributed by atoms with Crippen LogP contribution in [0.1, 0.15) is 22.8 Å². The number of nitrogens with two attached hydrogens (primary N) is 1. The first kappa shape index (κ1) is 32.4. The Morgan fingerprint density at radius 1 is 1.00 bits per heavy atom. The number of para-hydroxylation sites is 1. The minimum Gasteiger partial charge on any atom is -0.483 e. The lowest BCUT2D eigenvalue weighted by atomic mass is 9.68. The first-order chi connectivity index (χ1) is 23.9. The fourth-order valence-electron chi connectivity index (χ4n) is 8.28. The number of hydrogen-bond donors (Lipinski definition) is 3. The lowest BCUT2D eigenvalue weighted by Crippen LogP contribution is -2.42. The van der Waals surface area contributed by atoms with E-state index in [-0.39, 0.29) is 62.8 Å². The third-order valence-corrected chi connectivity index (χ3v) is 13.6. The lowest BCUT2D eigenvalue weighted by molar-refractivity contribution is -0.384. The van der Waals surface area contributed by atoms with Gasteiger partial charge in [-0.1, -0.05) is 29.5 Å². The van der Waals surface area contributed by atoms with Crippen molar-refractivity contribution in [3.05, 3.63) is 103 Å². The van der Waals surface area contributed by atoms with Gasteiger partial charge in [0.1, 0.15) is 5.75 Å². The Bertz CT molecular complexity index is 2250. The SMILES string of the molecule is NS(=O)(=O)c1ccc(NC(=O)COc2ccccc2[C@H]2c3sc(=O)[nH]c3SC3C2[C@H]2C[C@@H]3C3C(=O)N(c4ccc([N+](=O)[O-])cc4)C(=O)C32)cc1. The molecule has 14 nitrogen and oxygen atoms in total. The van der Waals surface area contributed by atoms with Crippen LogP contribution in [-0.2, 0) is 24.4 Å². The van der Waals surface area contributed by atoms with E-state index in [1.807, 2.05) is 12.1 Å². The van der Waals surface area contributed by atoms with Crippen LogP contribution in [0.15, 0.2) is 87.5 Å². The number of rotatable bonds is 8. The van der Waals surface area contributed by atoms with E-state index in [4.69, 9.17) is 9.88 Å². The van der Waals surface area contributed by atoms with Crippen LogP contribution >= 0.6 is 23.1 Å². The molecule has 1 saturated heterocycles. The molecule has 4 unspecified atom stereocenters. The van der Waals surface area contributed by atoms with Crippen LogP contribution in [0.5, 0.6) is 5.75 Å². The molecule has 4 N–H and O–H groups in total. The van der Waals surface area contributed by atoms with Crippen LogP contribution in [0.25, 0.3) is 0 Å². The van der Waals surface area contributed by atoms with Crippen molar-refractivity contribution in [2.75, 3.05) is 16.8 Å². The van der Waals surface area contributed by atoms with Gasteiger partial charge in [-0.15, -0.1) is 11.8 Å². The Kier molecular flexibility index (Phi) is 7.70. The largest absolute Gasteiger partial charge is 0.483 e. The Balaban J connectivity index is 1.08. The van der Waals surface area contributed by atoms with Gasteiger partial charge in [-0.3, -0.25) is 34.2 Å². The van der Waals surface area contributed by atoms with Gasteiger partial charge in [0, 0.05) is 39.4 Å². The van der Waals surface area contributed by atoms with Crippen molar-refractivity contribution in [3.8, 4) is 5.75 Å². The summed E-state index contributed by atoms with van der Waals surface area (Å²) in [6.07, 6.45) is 0.661. The van der Waals surface area contributed by atoms with Crippen LogP contribution in [0.2, 0.25) is 0 Å². The first-order valence-corrected chi connectivity index (χ1v) is 18.8. The van der Waals surface area contributed by atoms with E-state index in [0.29, 0.717) is 23.5 Å². The van der Waals surface area contributed by atoms with Crippen molar-refractivity contribution in [1.29, 1.82) is 0 Å². The number of ether oxygens (including phenoxy) is 1. The highest BCUT2D eigenvalue weighted by Gasteiger charge is 2.69. The highest BCUT2D eigenvalue weighted by molar-refractivity contribution is 8.00. The molecule has 3 aromatic carbocycles. The first-order valence-electron chi connectivity index (χ1n) is 15.6. The summed E-state index contributed by atoms with van der Waals surface area (Å²) < 4.78 is 29.2. The second-order valence-corrected chi connectivity index (χ2v) is 16.5. The van der Waals surface area contributed by atoms with Gasteiger partial charge in [0.15, 0.2) is 6.61 Å². The molecule has 0 spiro atoms. The highest BCUT2D eigenvalue weighted by atomic mass is 32.2. The van der Waals surface area contributed by atoms with E-state index in [1.165, 1.54) is 65.2 Å². The van der Waals surface area contributed by atoms with Crippen molar-refractivity contribution < 1.29 is 32.5 Å². The van der Waals surface area contributed by atoms with Crippen LogP contribution in [0.3, 0.4) is 0 Å². The topological polar surface area (TPSA) is 212 Å². The van der Waals surface area contributed by atoms with Crippen molar-refractivity contribution in [2.45, 2.75) is 27.5 Å². The number of non-ortho nitro benzene ring substituents is 1. The molecule has 50 heavy (non-hydrogen) atoms. The molecule has 7 atom stereocenters. The second-order valence-electron chi connectivity index (χ2n) is 12.7. The number of nitrogens with zero attached hydrogens (tertiary/aromatic N) is 2. The van der Waals surface area contributed by atoms with Crippen molar-refractivity contribution >= 4 is 67.9 Å². The van der Waals surface area contributed by atoms with Gasteiger partial charge in [0.05, 0.1) is 32.4 Å². The normalized spacial score (nSPS) is 26.3. The number of hydrogen-bond acceptors (Lipinski definition) is 11. The number of H-pyrrole nitrogens is 1. The van der Waals surface area contributed by atoms with Gasteiger partial charge < -0.3 is 15.0 Å². The zero-order chi connectivity index (χ0) is 35.1. The molecular weight excluding hydrogens is 707 g/mol. The zero-order valence-electron chi connectivity index (χ0n) is 25.8. The predicted octanol–water partition coefficient (Wildman–Crippen LogP) is 3.69. The number of primary sulfonamides is 1. The van der Waals surface area contributed by atoms with Gasteiger partial charge in [0.25, 0.3) is 11.6 Å². The summed E-state index contributed by atoms with van der Waals surface area (Å²) in [5, 5.41) is 19.7. The Hall–Kier alpha value is -4.84. The number of aromatic nitrogens is 1. The number of benzene rings is 3. The van der Waals surface area contributed by atoms with Crippen LogP contribution < -0.4 is 25.0 Å². The van der Waals surface area contributed by atoms with Gasteiger partial charge in [-0.05, 0) is 66.6 Å². The minimum atomic E-state index is -3.89. The molecule has 3 heterocycles. The number of imide groups is 1. The van der Waals surface area contributed by atoms with E-state index in [9.17, 15) is 37.7 Å². The van der Waals surface area contributed by atoms with Gasteiger partial charge in [0.2, 0.25) is 21.8 Å². The average molecular weight is 734 g/mol.